The molecule has 1 heterocycles. The SMILES string of the molecule is CCc1ccccc1NC(=O)CSc1nc(N)c(C#N)cc1C#N. The van der Waals surface area contributed by atoms with Crippen molar-refractivity contribution in [3.63, 3.8) is 0 Å². The molecule has 1 aromatic carbocycles. The lowest BCUT2D eigenvalue weighted by Gasteiger charge is -2.10. The summed E-state index contributed by atoms with van der Waals surface area (Å²) >= 11 is 1.11. The third-order valence-electron chi connectivity index (χ3n) is 3.27. The van der Waals surface area contributed by atoms with E-state index >= 15 is 0 Å². The fourth-order valence-electron chi connectivity index (χ4n) is 2.06. The van der Waals surface area contributed by atoms with Crippen LogP contribution in [0.15, 0.2) is 35.4 Å². The first kappa shape index (κ1) is 17.3. The first-order valence-electron chi connectivity index (χ1n) is 7.20. The highest BCUT2D eigenvalue weighted by atomic mass is 32.2. The summed E-state index contributed by atoms with van der Waals surface area (Å²) in [6, 6.07) is 12.8. The molecule has 2 aromatic rings. The lowest BCUT2D eigenvalue weighted by molar-refractivity contribution is -0.113. The molecule has 0 spiro atoms. The van der Waals surface area contributed by atoms with Crippen LogP contribution in [0.3, 0.4) is 0 Å². The summed E-state index contributed by atoms with van der Waals surface area (Å²) in [5.41, 5.74) is 7.87. The van der Waals surface area contributed by atoms with E-state index in [1.54, 1.807) is 0 Å². The average molecular weight is 337 g/mol. The highest BCUT2D eigenvalue weighted by Crippen LogP contribution is 2.24. The molecule has 24 heavy (non-hydrogen) atoms. The number of rotatable bonds is 5. The number of hydrogen-bond donors (Lipinski definition) is 2. The maximum atomic E-state index is 12.1. The van der Waals surface area contributed by atoms with Crippen LogP contribution in [-0.4, -0.2) is 16.6 Å². The van der Waals surface area contributed by atoms with Crippen LogP contribution in [0, 0.1) is 22.7 Å². The van der Waals surface area contributed by atoms with Gasteiger partial charge >= 0.3 is 0 Å². The Kier molecular flexibility index (Phi) is 5.78. The van der Waals surface area contributed by atoms with Crippen LogP contribution in [0.1, 0.15) is 23.6 Å². The van der Waals surface area contributed by atoms with Crippen LogP contribution in [0.25, 0.3) is 0 Å². The minimum atomic E-state index is -0.200. The lowest BCUT2D eigenvalue weighted by atomic mass is 10.1. The van der Waals surface area contributed by atoms with Gasteiger partial charge in [0, 0.05) is 5.69 Å². The molecule has 0 fully saturated rings. The number of anilines is 2. The number of nitriles is 2. The number of nitrogen functional groups attached to an aromatic ring is 1. The number of thioether (sulfide) groups is 1. The Morgan fingerprint density at radius 2 is 2.00 bits per heavy atom. The molecule has 0 aliphatic carbocycles. The maximum absolute atomic E-state index is 12.1. The van der Waals surface area contributed by atoms with Crippen molar-refractivity contribution in [3.05, 3.63) is 47.0 Å². The molecule has 0 bridgehead atoms. The van der Waals surface area contributed by atoms with Gasteiger partial charge in [-0.3, -0.25) is 4.79 Å². The van der Waals surface area contributed by atoms with E-state index in [4.69, 9.17) is 16.3 Å². The van der Waals surface area contributed by atoms with E-state index in [1.807, 2.05) is 43.3 Å². The number of nitrogens with one attached hydrogen (secondary N) is 1. The fraction of sp³-hybridized carbons (Fsp3) is 0.176. The minimum Gasteiger partial charge on any atom is -0.383 e. The number of nitrogens with two attached hydrogens (primary N) is 1. The molecule has 0 unspecified atom stereocenters. The Morgan fingerprint density at radius 3 is 2.67 bits per heavy atom. The molecule has 1 amide bonds. The van der Waals surface area contributed by atoms with Crippen molar-refractivity contribution < 1.29 is 4.79 Å². The van der Waals surface area contributed by atoms with Gasteiger partial charge in [0.1, 0.15) is 23.0 Å². The normalized spacial score (nSPS) is 9.79. The second kappa shape index (κ2) is 8.00. The predicted octanol–water partition coefficient (Wildman–Crippen LogP) is 2.70. The number of pyridine rings is 1. The van der Waals surface area contributed by atoms with Gasteiger partial charge in [0.2, 0.25) is 5.91 Å². The number of carbonyl (C=O) groups is 1. The first-order valence-corrected chi connectivity index (χ1v) is 8.18. The van der Waals surface area contributed by atoms with Crippen molar-refractivity contribution in [1.82, 2.24) is 4.98 Å². The van der Waals surface area contributed by atoms with E-state index in [9.17, 15) is 4.79 Å². The standard InChI is InChI=1S/C17H15N5OS/c1-2-11-5-3-4-6-14(11)21-15(23)10-24-17-13(9-19)7-12(8-18)16(20)22-17/h3-7H,2,10H2,1H3,(H2,20,22)(H,21,23). The third kappa shape index (κ3) is 4.03. The summed E-state index contributed by atoms with van der Waals surface area (Å²) in [5.74, 6) is -0.0595. The molecule has 7 heteroatoms. The summed E-state index contributed by atoms with van der Waals surface area (Å²) < 4.78 is 0. The van der Waals surface area contributed by atoms with Crippen molar-refractivity contribution >= 4 is 29.2 Å². The number of carbonyl (C=O) groups excluding carboxylic acids is 1. The molecule has 0 atom stereocenters. The third-order valence-corrected chi connectivity index (χ3v) is 4.26. The molecule has 2 rings (SSSR count). The maximum Gasteiger partial charge on any atom is 0.234 e. The lowest BCUT2D eigenvalue weighted by Crippen LogP contribution is -2.15. The fourth-order valence-corrected chi connectivity index (χ4v) is 2.82. The molecule has 0 aliphatic rings. The summed E-state index contributed by atoms with van der Waals surface area (Å²) in [5, 5.41) is 21.2. The Balaban J connectivity index is 2.08. The topological polar surface area (TPSA) is 116 Å². The van der Waals surface area contributed by atoms with Gasteiger partial charge in [-0.05, 0) is 24.1 Å². The predicted molar refractivity (Wildman–Crippen MR) is 93.3 cm³/mol. The Morgan fingerprint density at radius 1 is 1.29 bits per heavy atom. The van der Waals surface area contributed by atoms with E-state index in [1.165, 1.54) is 6.07 Å². The minimum absolute atomic E-state index is 0.0516. The van der Waals surface area contributed by atoms with Crippen LogP contribution < -0.4 is 11.1 Å². The van der Waals surface area contributed by atoms with Gasteiger partial charge in [-0.15, -0.1) is 0 Å². The molecule has 1 aromatic heterocycles. The van der Waals surface area contributed by atoms with Gasteiger partial charge in [-0.25, -0.2) is 4.98 Å². The van der Waals surface area contributed by atoms with Crippen molar-refractivity contribution in [2.24, 2.45) is 0 Å². The number of aromatic nitrogens is 1. The van der Waals surface area contributed by atoms with Crippen LogP contribution in [0.4, 0.5) is 11.5 Å². The van der Waals surface area contributed by atoms with Crippen molar-refractivity contribution in [2.75, 3.05) is 16.8 Å². The molecular weight excluding hydrogens is 322 g/mol. The Labute approximate surface area is 144 Å². The second-order valence-corrected chi connectivity index (χ2v) is 5.81. The second-order valence-electron chi connectivity index (χ2n) is 4.85. The summed E-state index contributed by atoms with van der Waals surface area (Å²) in [6.45, 7) is 2.02. The number of amides is 1. The average Bonchev–Trinajstić information content (AvgIpc) is 2.60. The molecule has 3 N–H and O–H groups in total. The van der Waals surface area contributed by atoms with E-state index in [-0.39, 0.29) is 28.6 Å². The van der Waals surface area contributed by atoms with E-state index in [0.717, 1.165) is 29.4 Å². The number of hydrogen-bond acceptors (Lipinski definition) is 6. The van der Waals surface area contributed by atoms with Crippen LogP contribution in [0.5, 0.6) is 0 Å². The van der Waals surface area contributed by atoms with Gasteiger partial charge < -0.3 is 11.1 Å². The summed E-state index contributed by atoms with van der Waals surface area (Å²) in [4.78, 5) is 16.2. The zero-order chi connectivity index (χ0) is 17.5. The quantitative estimate of drug-likeness (QED) is 0.810. The summed E-state index contributed by atoms with van der Waals surface area (Å²) in [7, 11) is 0. The smallest absolute Gasteiger partial charge is 0.234 e. The zero-order valence-electron chi connectivity index (χ0n) is 13.0. The van der Waals surface area contributed by atoms with E-state index in [2.05, 4.69) is 10.3 Å². The largest absolute Gasteiger partial charge is 0.383 e. The van der Waals surface area contributed by atoms with Crippen LogP contribution in [0.2, 0.25) is 0 Å². The van der Waals surface area contributed by atoms with Gasteiger partial charge in [-0.1, -0.05) is 36.9 Å². The van der Waals surface area contributed by atoms with Crippen molar-refractivity contribution in [2.45, 2.75) is 18.4 Å². The highest BCUT2D eigenvalue weighted by molar-refractivity contribution is 8.00. The molecular formula is C17H15N5OS. The molecule has 0 saturated heterocycles. The molecule has 0 saturated carbocycles. The van der Waals surface area contributed by atoms with Gasteiger partial charge in [-0.2, -0.15) is 10.5 Å². The molecule has 0 radical (unpaired) electrons. The number of nitrogens with zero attached hydrogens (tertiary/aromatic N) is 3. The van der Waals surface area contributed by atoms with E-state index < -0.39 is 0 Å². The monoisotopic (exact) mass is 337 g/mol. The summed E-state index contributed by atoms with van der Waals surface area (Å²) in [6.07, 6.45) is 0.815. The molecule has 6 nitrogen and oxygen atoms in total. The van der Waals surface area contributed by atoms with E-state index in [0.29, 0.717) is 5.03 Å². The zero-order valence-corrected chi connectivity index (χ0v) is 13.9. The number of benzene rings is 1. The Hall–Kier alpha value is -3.03. The number of para-hydroxylation sites is 1. The molecule has 0 aliphatic heterocycles. The van der Waals surface area contributed by atoms with Crippen LogP contribution >= 0.6 is 11.8 Å². The van der Waals surface area contributed by atoms with Crippen molar-refractivity contribution in [1.29, 1.82) is 10.5 Å². The number of aryl methyl sites for hydroxylation is 1. The highest BCUT2D eigenvalue weighted by Gasteiger charge is 2.13. The van der Waals surface area contributed by atoms with Gasteiger partial charge in [0.15, 0.2) is 0 Å². The van der Waals surface area contributed by atoms with Crippen LogP contribution in [-0.2, 0) is 11.2 Å². The van der Waals surface area contributed by atoms with Gasteiger partial charge in [0.25, 0.3) is 0 Å². The Bertz CT molecular complexity index is 851. The van der Waals surface area contributed by atoms with Crippen molar-refractivity contribution in [3.8, 4) is 12.1 Å². The van der Waals surface area contributed by atoms with Gasteiger partial charge in [0.05, 0.1) is 16.9 Å². The first-order chi connectivity index (χ1) is 11.6. The molecule has 120 valence electrons.